The van der Waals surface area contributed by atoms with Crippen molar-refractivity contribution >= 4 is 30.3 Å². The van der Waals surface area contributed by atoms with Gasteiger partial charge in [0.25, 0.3) is 5.91 Å². The first-order valence-corrected chi connectivity index (χ1v) is 7.96. The molecule has 138 valence electrons. The zero-order valence-electron chi connectivity index (χ0n) is 14.7. The van der Waals surface area contributed by atoms with Crippen LogP contribution in [0.5, 0.6) is 0 Å². The molecule has 1 aliphatic rings. The molecule has 2 rings (SSSR count). The number of amides is 4. The number of halogens is 1. The third kappa shape index (κ3) is 4.70. The summed E-state index contributed by atoms with van der Waals surface area (Å²) < 4.78 is 0. The average molecular weight is 369 g/mol. The van der Waals surface area contributed by atoms with Crippen molar-refractivity contribution in [2.45, 2.75) is 32.9 Å². The summed E-state index contributed by atoms with van der Waals surface area (Å²) in [5, 5.41) is 5.45. The van der Waals surface area contributed by atoms with E-state index in [1.165, 1.54) is 0 Å². The van der Waals surface area contributed by atoms with Gasteiger partial charge in [0.2, 0.25) is 5.91 Å². The van der Waals surface area contributed by atoms with E-state index in [4.69, 9.17) is 5.73 Å². The van der Waals surface area contributed by atoms with Gasteiger partial charge >= 0.3 is 6.03 Å². The molecule has 1 heterocycles. The summed E-state index contributed by atoms with van der Waals surface area (Å²) in [5.41, 5.74) is 6.60. The lowest BCUT2D eigenvalue weighted by molar-refractivity contribution is -0.125. The Morgan fingerprint density at radius 1 is 1.32 bits per heavy atom. The van der Waals surface area contributed by atoms with Gasteiger partial charge in [-0.15, -0.1) is 12.4 Å². The fraction of sp³-hybridized carbons (Fsp3) is 0.471. The molecule has 4 amide bonds. The molecule has 0 aromatic heterocycles. The molecule has 4 N–H and O–H groups in total. The number of benzene rings is 1. The number of hydrogen-bond acceptors (Lipinski definition) is 4. The largest absolute Gasteiger partial charge is 0.345 e. The molecule has 1 saturated heterocycles. The van der Waals surface area contributed by atoms with Crippen LogP contribution < -0.4 is 16.4 Å². The lowest BCUT2D eigenvalue weighted by Gasteiger charge is -2.33. The van der Waals surface area contributed by atoms with E-state index in [1.807, 2.05) is 20.8 Å². The molecule has 1 unspecified atom stereocenters. The number of carbonyl (C=O) groups is 3. The molecule has 0 radical (unpaired) electrons. The molecule has 1 aliphatic heterocycles. The van der Waals surface area contributed by atoms with E-state index >= 15 is 0 Å². The number of imide groups is 1. The van der Waals surface area contributed by atoms with Crippen LogP contribution in [0, 0.1) is 5.92 Å². The molecule has 1 aromatic rings. The second-order valence-electron chi connectivity index (χ2n) is 6.57. The van der Waals surface area contributed by atoms with Gasteiger partial charge in [0.1, 0.15) is 0 Å². The number of nitrogens with one attached hydrogen (secondary N) is 2. The van der Waals surface area contributed by atoms with Crippen molar-refractivity contribution in [3.8, 4) is 0 Å². The van der Waals surface area contributed by atoms with Crippen LogP contribution in [0.3, 0.4) is 0 Å². The molecular weight excluding hydrogens is 344 g/mol. The maximum absolute atomic E-state index is 12.4. The van der Waals surface area contributed by atoms with E-state index in [9.17, 15) is 14.4 Å². The zero-order valence-corrected chi connectivity index (χ0v) is 15.5. The third-order valence-electron chi connectivity index (χ3n) is 4.59. The van der Waals surface area contributed by atoms with Crippen molar-refractivity contribution in [3.05, 3.63) is 35.4 Å². The molecule has 1 aromatic carbocycles. The predicted molar refractivity (Wildman–Crippen MR) is 97.4 cm³/mol. The smallest absolute Gasteiger partial charge is 0.324 e. The number of carbonyl (C=O) groups excluding carboxylic acids is 3. The van der Waals surface area contributed by atoms with E-state index in [0.29, 0.717) is 12.1 Å². The first-order valence-electron chi connectivity index (χ1n) is 7.96. The van der Waals surface area contributed by atoms with Gasteiger partial charge in [-0.25, -0.2) is 4.79 Å². The lowest BCUT2D eigenvalue weighted by Crippen LogP contribution is -2.55. The van der Waals surface area contributed by atoms with Crippen LogP contribution in [0.2, 0.25) is 0 Å². The molecule has 1 atom stereocenters. The molecule has 0 aliphatic carbocycles. The molecule has 25 heavy (non-hydrogen) atoms. The second kappa shape index (κ2) is 8.31. The highest BCUT2D eigenvalue weighted by atomic mass is 35.5. The number of hydrogen-bond donors (Lipinski definition) is 3. The molecule has 1 fully saturated rings. The first kappa shape index (κ1) is 20.9. The standard InChI is InChI=1S/C17H24N4O3.ClH/c1-11(2)17(3,10-18)20-15(23)13-6-4-12(5-7-13)9-21-14(22)8-19-16(21)24;/h4-7,11H,8-10,18H2,1-3H3,(H,19,24)(H,20,23);1H. The highest BCUT2D eigenvalue weighted by molar-refractivity contribution is 6.01. The van der Waals surface area contributed by atoms with Gasteiger partial charge in [0.05, 0.1) is 18.6 Å². The predicted octanol–water partition coefficient (Wildman–Crippen LogP) is 1.26. The lowest BCUT2D eigenvalue weighted by atomic mass is 9.88. The Morgan fingerprint density at radius 3 is 2.36 bits per heavy atom. The molecule has 8 heteroatoms. The van der Waals surface area contributed by atoms with Crippen molar-refractivity contribution < 1.29 is 14.4 Å². The van der Waals surface area contributed by atoms with Crippen LogP contribution in [-0.4, -0.2) is 41.4 Å². The fourth-order valence-corrected chi connectivity index (χ4v) is 2.32. The van der Waals surface area contributed by atoms with E-state index in [0.717, 1.165) is 10.5 Å². The number of rotatable bonds is 6. The van der Waals surface area contributed by atoms with E-state index < -0.39 is 11.6 Å². The monoisotopic (exact) mass is 368 g/mol. The molecule has 0 saturated carbocycles. The van der Waals surface area contributed by atoms with Crippen molar-refractivity contribution in [1.29, 1.82) is 0 Å². The summed E-state index contributed by atoms with van der Waals surface area (Å²) in [5.74, 6) is -0.249. The number of nitrogens with two attached hydrogens (primary N) is 1. The van der Waals surface area contributed by atoms with Crippen LogP contribution in [0.25, 0.3) is 0 Å². The average Bonchev–Trinajstić information content (AvgIpc) is 2.87. The summed E-state index contributed by atoms with van der Waals surface area (Å²) in [4.78, 5) is 36.7. The molecule has 0 spiro atoms. The van der Waals surface area contributed by atoms with Crippen LogP contribution in [0.1, 0.15) is 36.7 Å². The highest BCUT2D eigenvalue weighted by Gasteiger charge is 2.30. The van der Waals surface area contributed by atoms with Crippen molar-refractivity contribution in [3.63, 3.8) is 0 Å². The minimum absolute atomic E-state index is 0. The molecule has 7 nitrogen and oxygen atoms in total. The van der Waals surface area contributed by atoms with Gasteiger partial charge in [-0.1, -0.05) is 26.0 Å². The van der Waals surface area contributed by atoms with E-state index in [1.54, 1.807) is 24.3 Å². The number of urea groups is 1. The van der Waals surface area contributed by atoms with E-state index in [-0.39, 0.29) is 43.2 Å². The Kier molecular flexibility index (Phi) is 6.96. The quantitative estimate of drug-likeness (QED) is 0.657. The highest BCUT2D eigenvalue weighted by Crippen LogP contribution is 2.16. The molecule has 0 bridgehead atoms. The Hall–Kier alpha value is -2.12. The summed E-state index contributed by atoms with van der Waals surface area (Å²) in [6, 6.07) is 6.45. The maximum Gasteiger partial charge on any atom is 0.324 e. The van der Waals surface area contributed by atoms with Gasteiger partial charge in [-0.2, -0.15) is 0 Å². The third-order valence-corrected chi connectivity index (χ3v) is 4.59. The zero-order chi connectivity index (χ0) is 17.9. The Bertz CT molecular complexity index is 632. The van der Waals surface area contributed by atoms with Gasteiger partial charge < -0.3 is 16.4 Å². The van der Waals surface area contributed by atoms with Crippen molar-refractivity contribution in [2.24, 2.45) is 11.7 Å². The van der Waals surface area contributed by atoms with Crippen LogP contribution in [0.4, 0.5) is 4.79 Å². The first-order chi connectivity index (χ1) is 11.3. The Balaban J connectivity index is 0.00000312. The van der Waals surface area contributed by atoms with Crippen LogP contribution in [0.15, 0.2) is 24.3 Å². The Morgan fingerprint density at radius 2 is 1.92 bits per heavy atom. The summed E-state index contributed by atoms with van der Waals surface area (Å²) in [7, 11) is 0. The van der Waals surface area contributed by atoms with Gasteiger partial charge in [0.15, 0.2) is 0 Å². The summed E-state index contributed by atoms with van der Waals surface area (Å²) in [6.07, 6.45) is 0. The number of nitrogens with zero attached hydrogens (tertiary/aromatic N) is 1. The SMILES string of the molecule is CC(C)C(C)(CN)NC(=O)c1ccc(CN2C(=O)CNC2=O)cc1.Cl. The van der Waals surface area contributed by atoms with Crippen molar-refractivity contribution in [2.75, 3.05) is 13.1 Å². The fourth-order valence-electron chi connectivity index (χ4n) is 2.32. The molecular formula is C17H25ClN4O3. The maximum atomic E-state index is 12.4. The summed E-state index contributed by atoms with van der Waals surface area (Å²) >= 11 is 0. The second-order valence-corrected chi connectivity index (χ2v) is 6.57. The minimum Gasteiger partial charge on any atom is -0.345 e. The Labute approximate surface area is 153 Å². The summed E-state index contributed by atoms with van der Waals surface area (Å²) in [6.45, 7) is 6.51. The normalized spacial score (nSPS) is 16.3. The van der Waals surface area contributed by atoms with Gasteiger partial charge in [-0.05, 0) is 30.5 Å². The topological polar surface area (TPSA) is 105 Å². The minimum atomic E-state index is -0.476. The van der Waals surface area contributed by atoms with Gasteiger partial charge in [-0.3, -0.25) is 14.5 Å². The van der Waals surface area contributed by atoms with E-state index in [2.05, 4.69) is 10.6 Å². The van der Waals surface area contributed by atoms with Gasteiger partial charge in [0, 0.05) is 12.1 Å². The van der Waals surface area contributed by atoms with Crippen LogP contribution >= 0.6 is 12.4 Å². The van der Waals surface area contributed by atoms with Crippen LogP contribution in [-0.2, 0) is 11.3 Å². The van der Waals surface area contributed by atoms with Crippen molar-refractivity contribution in [1.82, 2.24) is 15.5 Å².